The highest BCUT2D eigenvalue weighted by atomic mass is 16.6. The van der Waals surface area contributed by atoms with E-state index in [1.165, 1.54) is 0 Å². The summed E-state index contributed by atoms with van der Waals surface area (Å²) in [4.78, 5) is 23.1. The molecule has 4 aromatic rings. The molecule has 1 N–H and O–H groups in total. The van der Waals surface area contributed by atoms with Crippen LogP contribution in [0.1, 0.15) is 17.5 Å². The molecule has 1 aromatic heterocycles. The minimum Gasteiger partial charge on any atom is -0.496 e. The summed E-state index contributed by atoms with van der Waals surface area (Å²) in [6.07, 6.45) is -0.384. The number of ether oxygens (including phenoxy) is 1. The van der Waals surface area contributed by atoms with Gasteiger partial charge in [-0.15, -0.1) is 0 Å². The van der Waals surface area contributed by atoms with Crippen LogP contribution in [0.15, 0.2) is 84.0 Å². The highest BCUT2D eigenvalue weighted by Gasteiger charge is 2.31. The Hall–Kier alpha value is -4.13. The summed E-state index contributed by atoms with van der Waals surface area (Å²) in [5.41, 5.74) is 4.38. The Morgan fingerprint density at radius 1 is 1.06 bits per heavy atom. The smallest absolute Gasteiger partial charge is 0.271 e. The number of nitrogens with zero attached hydrogens (tertiary/aromatic N) is 3. The molecule has 160 valence electrons. The van der Waals surface area contributed by atoms with Gasteiger partial charge in [0, 0.05) is 12.0 Å². The van der Waals surface area contributed by atoms with Crippen molar-refractivity contribution in [2.24, 2.45) is 5.16 Å². The largest absolute Gasteiger partial charge is 0.496 e. The highest BCUT2D eigenvalue weighted by Crippen LogP contribution is 2.26. The Balaban J connectivity index is 1.37. The number of amides is 1. The quantitative estimate of drug-likeness (QED) is 0.501. The summed E-state index contributed by atoms with van der Waals surface area (Å²) < 4.78 is 7.40. The molecule has 1 aliphatic heterocycles. The van der Waals surface area contributed by atoms with Crippen LogP contribution in [-0.4, -0.2) is 34.4 Å². The third-order valence-corrected chi connectivity index (χ3v) is 5.45. The number of oxime groups is 1. The van der Waals surface area contributed by atoms with Crippen molar-refractivity contribution in [1.29, 1.82) is 0 Å². The summed E-state index contributed by atoms with van der Waals surface area (Å²) >= 11 is 0. The van der Waals surface area contributed by atoms with Gasteiger partial charge in [0.25, 0.3) is 5.91 Å². The number of nitrogens with one attached hydrogen (secondary N) is 1. The molecule has 0 radical (unpaired) electrons. The van der Waals surface area contributed by atoms with Crippen molar-refractivity contribution >= 4 is 28.6 Å². The summed E-state index contributed by atoms with van der Waals surface area (Å²) in [7, 11) is 1.61. The summed E-state index contributed by atoms with van der Waals surface area (Å²) in [6, 6.07) is 25.4. The molecular formula is C25H22N4O3. The van der Waals surface area contributed by atoms with Gasteiger partial charge in [-0.2, -0.15) is 0 Å². The first-order valence-electron chi connectivity index (χ1n) is 10.4. The monoisotopic (exact) mass is 426 g/mol. The zero-order valence-electron chi connectivity index (χ0n) is 17.6. The number of aromatic nitrogens is 2. The van der Waals surface area contributed by atoms with Crippen LogP contribution in [0, 0.1) is 0 Å². The van der Waals surface area contributed by atoms with Crippen molar-refractivity contribution in [2.75, 3.05) is 12.4 Å². The van der Waals surface area contributed by atoms with E-state index in [9.17, 15) is 4.79 Å². The predicted octanol–water partition coefficient (Wildman–Crippen LogP) is 4.22. The summed E-state index contributed by atoms with van der Waals surface area (Å²) in [5.74, 6) is 0.887. The van der Waals surface area contributed by atoms with Crippen LogP contribution >= 0.6 is 0 Å². The lowest BCUT2D eigenvalue weighted by molar-refractivity contribution is -0.125. The maximum atomic E-state index is 13.0. The van der Waals surface area contributed by atoms with Gasteiger partial charge in [0.2, 0.25) is 12.1 Å². The van der Waals surface area contributed by atoms with E-state index in [1.54, 1.807) is 7.11 Å². The minimum absolute atomic E-state index is 0.289. The standard InChI is InChI=1S/C25H22N4O3/c1-31-22-14-8-5-11-18(22)20-15-23(32-28-20)24(30)27-25-26-19-12-6-7-13-21(19)29(25)16-17-9-3-2-4-10-17/h2-14,23H,15-16H2,1H3,(H,26,27,30). The molecule has 32 heavy (non-hydrogen) atoms. The third-order valence-electron chi connectivity index (χ3n) is 5.45. The van der Waals surface area contributed by atoms with Crippen molar-refractivity contribution in [3.8, 4) is 5.75 Å². The van der Waals surface area contributed by atoms with E-state index in [0.717, 1.165) is 22.2 Å². The number of carbonyl (C=O) groups is 1. The first kappa shape index (κ1) is 19.8. The number of methoxy groups -OCH3 is 1. The van der Waals surface area contributed by atoms with Crippen molar-refractivity contribution in [2.45, 2.75) is 19.1 Å². The molecule has 1 unspecified atom stereocenters. The van der Waals surface area contributed by atoms with E-state index in [2.05, 4.69) is 15.5 Å². The van der Waals surface area contributed by atoms with Crippen LogP contribution in [0.3, 0.4) is 0 Å². The Bertz CT molecular complexity index is 1300. The maximum absolute atomic E-state index is 13.0. The molecule has 7 heteroatoms. The summed E-state index contributed by atoms with van der Waals surface area (Å²) in [6.45, 7) is 0.589. The van der Waals surface area contributed by atoms with Crippen molar-refractivity contribution in [1.82, 2.24) is 9.55 Å². The van der Waals surface area contributed by atoms with Crippen LogP contribution in [0.5, 0.6) is 5.75 Å². The molecule has 2 heterocycles. The molecule has 7 nitrogen and oxygen atoms in total. The fourth-order valence-electron chi connectivity index (χ4n) is 3.85. The van der Waals surface area contributed by atoms with E-state index in [1.807, 2.05) is 83.4 Å². The number of anilines is 1. The Morgan fingerprint density at radius 2 is 1.81 bits per heavy atom. The molecule has 3 aromatic carbocycles. The fourth-order valence-corrected chi connectivity index (χ4v) is 3.85. The predicted molar refractivity (Wildman–Crippen MR) is 123 cm³/mol. The number of carbonyl (C=O) groups excluding carboxylic acids is 1. The number of imidazole rings is 1. The average Bonchev–Trinajstić information content (AvgIpc) is 3.45. The Morgan fingerprint density at radius 3 is 2.66 bits per heavy atom. The van der Waals surface area contributed by atoms with E-state index in [4.69, 9.17) is 9.57 Å². The normalized spacial score (nSPS) is 15.3. The highest BCUT2D eigenvalue weighted by molar-refractivity contribution is 6.07. The summed E-state index contributed by atoms with van der Waals surface area (Å²) in [5, 5.41) is 7.09. The van der Waals surface area contributed by atoms with E-state index in [-0.39, 0.29) is 5.91 Å². The number of hydrogen-bond donors (Lipinski definition) is 1. The first-order valence-corrected chi connectivity index (χ1v) is 10.4. The lowest BCUT2D eigenvalue weighted by Gasteiger charge is -2.12. The van der Waals surface area contributed by atoms with Crippen molar-refractivity contribution in [3.05, 3.63) is 90.0 Å². The van der Waals surface area contributed by atoms with Gasteiger partial charge in [-0.3, -0.25) is 10.1 Å². The number of hydrogen-bond acceptors (Lipinski definition) is 5. The van der Waals surface area contributed by atoms with Gasteiger partial charge < -0.3 is 14.1 Å². The number of rotatable bonds is 6. The number of fused-ring (bicyclic) bond motifs is 1. The molecule has 0 aliphatic carbocycles. The molecule has 0 spiro atoms. The van der Waals surface area contributed by atoms with Gasteiger partial charge in [0.1, 0.15) is 5.75 Å². The lowest BCUT2D eigenvalue weighted by atomic mass is 10.0. The van der Waals surface area contributed by atoms with Crippen molar-refractivity contribution in [3.63, 3.8) is 0 Å². The molecule has 0 saturated heterocycles. The van der Waals surface area contributed by atoms with Crippen molar-refractivity contribution < 1.29 is 14.4 Å². The van der Waals surface area contributed by atoms with Gasteiger partial charge in [-0.1, -0.05) is 59.8 Å². The van der Waals surface area contributed by atoms with Crippen LogP contribution in [0.4, 0.5) is 5.95 Å². The van der Waals surface area contributed by atoms with Crippen LogP contribution < -0.4 is 10.1 Å². The molecule has 0 fully saturated rings. The molecule has 1 atom stereocenters. The zero-order chi connectivity index (χ0) is 21.9. The first-order chi connectivity index (χ1) is 15.7. The topological polar surface area (TPSA) is 77.7 Å². The average molecular weight is 426 g/mol. The minimum atomic E-state index is -0.736. The van der Waals surface area contributed by atoms with Gasteiger partial charge in [0.05, 0.1) is 30.4 Å². The Labute approximate surface area is 185 Å². The van der Waals surface area contributed by atoms with Gasteiger partial charge in [0.15, 0.2) is 0 Å². The number of para-hydroxylation sites is 3. The molecular weight excluding hydrogens is 404 g/mol. The van der Waals surface area contributed by atoms with Crippen LogP contribution in [-0.2, 0) is 16.2 Å². The van der Waals surface area contributed by atoms with E-state index < -0.39 is 6.10 Å². The van der Waals surface area contributed by atoms with Crippen LogP contribution in [0.25, 0.3) is 11.0 Å². The molecule has 0 saturated carbocycles. The third kappa shape index (κ3) is 3.80. The van der Waals surface area contributed by atoms with Crippen LogP contribution in [0.2, 0.25) is 0 Å². The van der Waals surface area contributed by atoms with E-state index in [0.29, 0.717) is 30.4 Å². The second-order valence-corrected chi connectivity index (χ2v) is 7.52. The second-order valence-electron chi connectivity index (χ2n) is 7.52. The molecule has 1 amide bonds. The second kappa shape index (κ2) is 8.55. The SMILES string of the molecule is COc1ccccc1C1=NOC(C(=O)Nc2nc3ccccc3n2Cc2ccccc2)C1. The van der Waals surface area contributed by atoms with Gasteiger partial charge >= 0.3 is 0 Å². The maximum Gasteiger partial charge on any atom is 0.271 e. The van der Waals surface area contributed by atoms with Gasteiger partial charge in [-0.25, -0.2) is 4.98 Å². The molecule has 0 bridgehead atoms. The molecule has 5 rings (SSSR count). The fraction of sp³-hybridized carbons (Fsp3) is 0.160. The zero-order valence-corrected chi connectivity index (χ0v) is 17.6. The molecule has 1 aliphatic rings. The lowest BCUT2D eigenvalue weighted by Crippen LogP contribution is -2.29. The number of benzene rings is 3. The Kier molecular flexibility index (Phi) is 5.29. The van der Waals surface area contributed by atoms with E-state index >= 15 is 0 Å². The van der Waals surface area contributed by atoms with Gasteiger partial charge in [-0.05, 0) is 29.8 Å².